The predicted octanol–water partition coefficient (Wildman–Crippen LogP) is 4.83. The molecule has 3 aromatic rings. The molecule has 0 fully saturated rings. The highest BCUT2D eigenvalue weighted by molar-refractivity contribution is 6.36. The van der Waals surface area contributed by atoms with Crippen molar-refractivity contribution in [3.05, 3.63) is 46.2 Å². The number of nitrogens with zero attached hydrogens (tertiary/aromatic N) is 3. The molecule has 5 nitrogen and oxygen atoms in total. The molecule has 2 heterocycles. The van der Waals surface area contributed by atoms with Gasteiger partial charge in [-0.1, -0.05) is 43.1 Å². The normalized spacial score (nSPS) is 12.7. The largest absolute Gasteiger partial charge is 0.394 e. The second-order valence-corrected chi connectivity index (χ2v) is 7.70. The number of aromatic nitrogens is 3. The summed E-state index contributed by atoms with van der Waals surface area (Å²) in [5.74, 6) is 1.27. The summed E-state index contributed by atoms with van der Waals surface area (Å²) >= 11 is 12.4. The number of aliphatic hydroxyl groups is 1. The maximum atomic E-state index is 9.69. The number of rotatable bonds is 6. The van der Waals surface area contributed by atoms with Crippen molar-refractivity contribution in [2.45, 2.75) is 33.2 Å². The molecule has 0 unspecified atom stereocenters. The van der Waals surface area contributed by atoms with E-state index in [1.54, 1.807) is 22.8 Å². The molecule has 0 amide bonds. The number of benzene rings is 1. The van der Waals surface area contributed by atoms with Crippen LogP contribution in [-0.4, -0.2) is 32.4 Å². The van der Waals surface area contributed by atoms with Gasteiger partial charge in [-0.25, -0.2) is 4.98 Å². The van der Waals surface area contributed by atoms with Gasteiger partial charge in [0.2, 0.25) is 0 Å². The van der Waals surface area contributed by atoms with Crippen molar-refractivity contribution in [1.29, 1.82) is 0 Å². The van der Waals surface area contributed by atoms with Gasteiger partial charge in [0.25, 0.3) is 0 Å². The molecule has 0 spiro atoms. The fourth-order valence-electron chi connectivity index (χ4n) is 3.04. The molecule has 3 rings (SSSR count). The van der Waals surface area contributed by atoms with Crippen molar-refractivity contribution in [3.8, 4) is 11.1 Å². The molecule has 26 heavy (non-hydrogen) atoms. The first kappa shape index (κ1) is 19.0. The van der Waals surface area contributed by atoms with Crippen LogP contribution in [-0.2, 0) is 0 Å². The number of anilines is 1. The molecule has 0 saturated heterocycles. The molecule has 2 aromatic heterocycles. The van der Waals surface area contributed by atoms with Crippen LogP contribution in [0, 0.1) is 12.8 Å². The van der Waals surface area contributed by atoms with E-state index >= 15 is 0 Å². The van der Waals surface area contributed by atoms with Crippen molar-refractivity contribution >= 4 is 34.7 Å². The van der Waals surface area contributed by atoms with Gasteiger partial charge in [0, 0.05) is 27.9 Å². The number of aliphatic hydroxyl groups excluding tert-OH is 1. The summed E-state index contributed by atoms with van der Waals surface area (Å²) in [7, 11) is 0. The molecule has 7 heteroatoms. The number of hydrogen-bond acceptors (Lipinski definition) is 4. The van der Waals surface area contributed by atoms with Gasteiger partial charge in [-0.2, -0.15) is 9.61 Å². The monoisotopic (exact) mass is 392 g/mol. The van der Waals surface area contributed by atoms with Crippen LogP contribution < -0.4 is 5.32 Å². The molecule has 0 aliphatic carbocycles. The quantitative estimate of drug-likeness (QED) is 0.630. The van der Waals surface area contributed by atoms with Crippen molar-refractivity contribution in [3.63, 3.8) is 0 Å². The number of aryl methyl sites for hydroxylation is 1. The molecular weight excluding hydrogens is 371 g/mol. The summed E-state index contributed by atoms with van der Waals surface area (Å²) in [6, 6.07) is 7.25. The van der Waals surface area contributed by atoms with Crippen LogP contribution in [0.1, 0.15) is 26.0 Å². The van der Waals surface area contributed by atoms with Crippen LogP contribution in [0.15, 0.2) is 30.5 Å². The fourth-order valence-corrected chi connectivity index (χ4v) is 3.55. The zero-order valence-electron chi connectivity index (χ0n) is 15.0. The zero-order chi connectivity index (χ0) is 18.8. The second-order valence-electron chi connectivity index (χ2n) is 6.85. The Balaban J connectivity index is 2.06. The summed E-state index contributed by atoms with van der Waals surface area (Å²) in [5, 5.41) is 18.7. The Labute approximate surface area is 163 Å². The van der Waals surface area contributed by atoms with E-state index in [-0.39, 0.29) is 12.6 Å². The lowest BCUT2D eigenvalue weighted by atomic mass is 10.0. The van der Waals surface area contributed by atoms with Crippen molar-refractivity contribution < 1.29 is 5.11 Å². The van der Waals surface area contributed by atoms with Gasteiger partial charge in [-0.15, -0.1) is 0 Å². The van der Waals surface area contributed by atoms with Gasteiger partial charge in [0.05, 0.1) is 23.9 Å². The van der Waals surface area contributed by atoms with E-state index in [0.717, 1.165) is 29.1 Å². The molecule has 0 aliphatic heterocycles. The molecular formula is C19H22Cl2N4O. The lowest BCUT2D eigenvalue weighted by Gasteiger charge is -2.20. The minimum atomic E-state index is -0.0493. The minimum Gasteiger partial charge on any atom is -0.394 e. The van der Waals surface area contributed by atoms with Crippen molar-refractivity contribution in [1.82, 2.24) is 14.6 Å². The Morgan fingerprint density at radius 3 is 2.62 bits per heavy atom. The summed E-state index contributed by atoms with van der Waals surface area (Å²) in [6.07, 6.45) is 2.61. The highest BCUT2D eigenvalue weighted by Gasteiger charge is 2.17. The second kappa shape index (κ2) is 7.82. The Hall–Kier alpha value is -1.82. The van der Waals surface area contributed by atoms with Gasteiger partial charge >= 0.3 is 0 Å². The lowest BCUT2D eigenvalue weighted by molar-refractivity contribution is 0.259. The Morgan fingerprint density at radius 1 is 1.19 bits per heavy atom. The van der Waals surface area contributed by atoms with Crippen LogP contribution in [0.4, 0.5) is 5.82 Å². The van der Waals surface area contributed by atoms with Gasteiger partial charge < -0.3 is 10.4 Å². The third-order valence-corrected chi connectivity index (χ3v) is 4.70. The molecule has 1 aromatic carbocycles. The zero-order valence-corrected chi connectivity index (χ0v) is 16.5. The molecule has 0 aliphatic rings. The maximum Gasteiger partial charge on any atom is 0.165 e. The van der Waals surface area contributed by atoms with E-state index in [2.05, 4.69) is 29.2 Å². The lowest BCUT2D eigenvalue weighted by Crippen LogP contribution is -2.27. The van der Waals surface area contributed by atoms with Gasteiger partial charge in [-0.3, -0.25) is 0 Å². The van der Waals surface area contributed by atoms with E-state index in [1.807, 2.05) is 19.1 Å². The smallest absolute Gasteiger partial charge is 0.165 e. The maximum absolute atomic E-state index is 9.69. The van der Waals surface area contributed by atoms with Gasteiger partial charge in [0.1, 0.15) is 5.82 Å². The van der Waals surface area contributed by atoms with Crippen LogP contribution in [0.2, 0.25) is 10.0 Å². The molecule has 0 bridgehead atoms. The predicted molar refractivity (Wildman–Crippen MR) is 107 cm³/mol. The van der Waals surface area contributed by atoms with Crippen LogP contribution >= 0.6 is 23.2 Å². The summed E-state index contributed by atoms with van der Waals surface area (Å²) in [5.41, 5.74) is 3.23. The Kier molecular flexibility index (Phi) is 5.70. The van der Waals surface area contributed by atoms with Crippen LogP contribution in [0.5, 0.6) is 0 Å². The van der Waals surface area contributed by atoms with Crippen LogP contribution in [0.3, 0.4) is 0 Å². The Morgan fingerprint density at radius 2 is 1.96 bits per heavy atom. The highest BCUT2D eigenvalue weighted by Crippen LogP contribution is 2.33. The molecule has 0 saturated carbocycles. The number of fused-ring (bicyclic) bond motifs is 1. The summed E-state index contributed by atoms with van der Waals surface area (Å²) in [6.45, 7) is 6.25. The average molecular weight is 393 g/mol. The minimum absolute atomic E-state index is 0.0493. The average Bonchev–Trinajstić information content (AvgIpc) is 2.97. The standard InChI is InChI=1S/C19H22Cl2N4O/c1-11(2)6-14(10-26)24-18-7-12(3)23-19-16(9-22-25(18)19)15-5-4-13(20)8-17(15)21/h4-5,7-9,11,14,24,26H,6,10H2,1-3H3/t14-/m0/s1. The first-order valence-electron chi connectivity index (χ1n) is 8.57. The number of halogens is 2. The number of nitrogens with one attached hydrogen (secondary N) is 1. The van der Waals surface area contributed by atoms with Gasteiger partial charge in [0.15, 0.2) is 5.65 Å². The Bertz CT molecular complexity index is 923. The third-order valence-electron chi connectivity index (χ3n) is 4.15. The fraction of sp³-hybridized carbons (Fsp3) is 0.368. The first-order chi connectivity index (χ1) is 12.4. The summed E-state index contributed by atoms with van der Waals surface area (Å²) in [4.78, 5) is 4.64. The SMILES string of the molecule is Cc1cc(N[C@H](CO)CC(C)C)n2ncc(-c3ccc(Cl)cc3Cl)c2n1. The number of hydrogen-bond donors (Lipinski definition) is 2. The van der Waals surface area contributed by atoms with E-state index in [9.17, 15) is 5.11 Å². The van der Waals surface area contributed by atoms with Gasteiger partial charge in [-0.05, 0) is 31.4 Å². The first-order valence-corrected chi connectivity index (χ1v) is 9.32. The topological polar surface area (TPSA) is 62.5 Å². The van der Waals surface area contributed by atoms with E-state index in [1.165, 1.54) is 0 Å². The molecule has 138 valence electrons. The highest BCUT2D eigenvalue weighted by atomic mass is 35.5. The van der Waals surface area contributed by atoms with Crippen molar-refractivity contribution in [2.24, 2.45) is 5.92 Å². The van der Waals surface area contributed by atoms with E-state index < -0.39 is 0 Å². The van der Waals surface area contributed by atoms with E-state index in [0.29, 0.717) is 21.6 Å². The van der Waals surface area contributed by atoms with Crippen LogP contribution in [0.25, 0.3) is 16.8 Å². The van der Waals surface area contributed by atoms with E-state index in [4.69, 9.17) is 23.2 Å². The van der Waals surface area contributed by atoms with Crippen molar-refractivity contribution in [2.75, 3.05) is 11.9 Å². The molecule has 2 N–H and O–H groups in total. The molecule has 0 radical (unpaired) electrons. The third kappa shape index (κ3) is 3.95. The summed E-state index contributed by atoms with van der Waals surface area (Å²) < 4.78 is 1.75. The molecule has 1 atom stereocenters.